The Balaban J connectivity index is 0.000001000. The van der Waals surface area contributed by atoms with E-state index in [4.69, 9.17) is 5.11 Å². The second kappa shape index (κ2) is 4.92. The minimum Gasteiger partial charge on any atom is -0.478 e. The number of aromatic carboxylic acids is 1. The van der Waals surface area contributed by atoms with E-state index in [2.05, 4.69) is 9.97 Å². The van der Waals surface area contributed by atoms with Gasteiger partial charge in [0, 0.05) is 0 Å². The summed E-state index contributed by atoms with van der Waals surface area (Å²) in [6.07, 6.45) is 1.98. The van der Waals surface area contributed by atoms with E-state index in [0.29, 0.717) is 0 Å². The van der Waals surface area contributed by atoms with Crippen molar-refractivity contribution in [3.05, 3.63) is 28.4 Å². The third-order valence-corrected chi connectivity index (χ3v) is 0.906. The summed E-state index contributed by atoms with van der Waals surface area (Å²) in [5.74, 6) is -1.30. The number of rotatable bonds is 1. The predicted molar refractivity (Wildman–Crippen MR) is 30.8 cm³/mol. The Kier molecular flexibility index (Phi) is 4.99. The number of carboxylic acids is 1. The summed E-state index contributed by atoms with van der Waals surface area (Å²) in [5.41, 5.74) is -1.16. The Labute approximate surface area is 111 Å². The zero-order chi connectivity index (χ0) is 7.56. The van der Waals surface area contributed by atoms with Crippen molar-refractivity contribution in [2.75, 3.05) is 0 Å². The average molecular weight is 225 g/mol. The number of carbonyl (C=O) groups is 1. The van der Waals surface area contributed by atoms with E-state index in [0.717, 1.165) is 12.5 Å². The van der Waals surface area contributed by atoms with Gasteiger partial charge in [0.2, 0.25) is 0 Å². The minimum atomic E-state index is -1.30. The monoisotopic (exact) mass is 224 g/mol. The zero-order valence-corrected chi connectivity index (χ0v) is 10.7. The van der Waals surface area contributed by atoms with Gasteiger partial charge in [-0.05, 0) is 0 Å². The molecule has 0 unspecified atom stereocenters. The summed E-state index contributed by atoms with van der Waals surface area (Å²) in [6, 6.07) is 0. The van der Waals surface area contributed by atoms with Crippen LogP contribution in [0.15, 0.2) is 17.3 Å². The molecule has 52 valence electrons. The van der Waals surface area contributed by atoms with Crippen molar-refractivity contribution in [2.45, 2.75) is 0 Å². The van der Waals surface area contributed by atoms with E-state index < -0.39 is 17.1 Å². The van der Waals surface area contributed by atoms with Crippen molar-refractivity contribution in [1.82, 2.24) is 9.97 Å². The summed E-state index contributed by atoms with van der Waals surface area (Å²) in [4.78, 5) is 27.2. The topological polar surface area (TPSA) is 81.4 Å². The summed E-state index contributed by atoms with van der Waals surface area (Å²) >= 11 is 0. The summed E-state index contributed by atoms with van der Waals surface area (Å²) in [7, 11) is 0. The number of hydrogen-bond donors (Lipinski definition) is 1. The quantitative estimate of drug-likeness (QED) is 0.527. The first-order chi connectivity index (χ1) is 4.72. The molecule has 0 aliphatic rings. The molecule has 0 spiro atoms. The van der Waals surface area contributed by atoms with Crippen molar-refractivity contribution in [2.24, 2.45) is 0 Å². The van der Waals surface area contributed by atoms with E-state index in [1.165, 1.54) is 0 Å². The maximum atomic E-state index is 10.5. The molecular weight excluding hydrogens is 222 g/mol. The van der Waals surface area contributed by atoms with Gasteiger partial charge in [-0.25, -0.2) is 4.79 Å². The van der Waals surface area contributed by atoms with E-state index >= 15 is 0 Å². The second-order valence-electron chi connectivity index (χ2n) is 1.55. The van der Waals surface area contributed by atoms with Crippen LogP contribution < -0.4 is 68.7 Å². The molecule has 0 aliphatic heterocycles. The van der Waals surface area contributed by atoms with E-state index in [9.17, 15) is 9.59 Å². The number of nitrogens with zero attached hydrogens (tertiary/aromatic N) is 2. The van der Waals surface area contributed by atoms with Gasteiger partial charge in [0.05, 0.1) is 5.56 Å². The van der Waals surface area contributed by atoms with E-state index in [1.54, 1.807) is 0 Å². The average Bonchev–Trinajstić information content (AvgIpc) is 1.88. The molecule has 1 heterocycles. The number of carboxylic acid groups (broad SMARTS) is 1. The van der Waals surface area contributed by atoms with Gasteiger partial charge >= 0.3 is 64.2 Å². The summed E-state index contributed by atoms with van der Waals surface area (Å²) < 4.78 is 0. The van der Waals surface area contributed by atoms with Crippen LogP contribution in [-0.4, -0.2) is 16.1 Å². The molecule has 1 aromatic rings. The molecule has 11 heavy (non-hydrogen) atoms. The molecule has 6 heteroatoms. The van der Waals surface area contributed by atoms with Crippen LogP contribution in [0.5, 0.6) is 0 Å². The first-order valence-electron chi connectivity index (χ1n) is 2.42. The normalized spacial score (nSPS) is 8.36. The molecule has 5 nitrogen and oxygen atoms in total. The third kappa shape index (κ3) is 2.94. The van der Waals surface area contributed by atoms with Gasteiger partial charge in [-0.3, -0.25) is 4.79 Å². The predicted octanol–water partition coefficient (Wildman–Crippen LogP) is -3.90. The van der Waals surface area contributed by atoms with Gasteiger partial charge < -0.3 is 15.1 Å². The fraction of sp³-hybridized carbons (Fsp3) is 0. The molecule has 1 aromatic heterocycles. The van der Waals surface area contributed by atoms with Crippen LogP contribution in [0.25, 0.3) is 0 Å². The van der Waals surface area contributed by atoms with E-state index in [-0.39, 0.29) is 58.2 Å². The smallest absolute Gasteiger partial charge is 0.478 e. The van der Waals surface area contributed by atoms with Crippen molar-refractivity contribution < 1.29 is 68.1 Å². The number of aromatic nitrogens is 2. The fourth-order valence-corrected chi connectivity index (χ4v) is 0.465. The molecule has 0 aromatic carbocycles. The van der Waals surface area contributed by atoms with Crippen molar-refractivity contribution >= 4 is 5.97 Å². The Morgan fingerprint density at radius 3 is 2.64 bits per heavy atom. The molecule has 0 bridgehead atoms. The Morgan fingerprint density at radius 2 is 2.27 bits per heavy atom. The molecule has 1 rings (SSSR count). The van der Waals surface area contributed by atoms with Gasteiger partial charge in [-0.2, -0.15) is 0 Å². The van der Waals surface area contributed by atoms with Gasteiger partial charge in [0.15, 0.2) is 5.56 Å². The molecule has 0 saturated carbocycles. The zero-order valence-electron chi connectivity index (χ0n) is 5.81. The maximum absolute atomic E-state index is 10.5. The molecular formula is C5H3N2O3Rb. The van der Waals surface area contributed by atoms with Crippen LogP contribution in [-0.2, 0) is 0 Å². The second-order valence-corrected chi connectivity index (χ2v) is 1.55. The summed E-state index contributed by atoms with van der Waals surface area (Å²) in [6.45, 7) is 0. The van der Waals surface area contributed by atoms with E-state index in [1.807, 2.05) is 0 Å². The van der Waals surface area contributed by atoms with Crippen LogP contribution in [0.1, 0.15) is 10.4 Å². The molecule has 1 N–H and O–H groups in total. The van der Waals surface area contributed by atoms with Gasteiger partial charge in [-0.15, -0.1) is 0 Å². The molecule has 0 aliphatic carbocycles. The largest absolute Gasteiger partial charge is 1.00 e. The van der Waals surface area contributed by atoms with Crippen molar-refractivity contribution in [1.29, 1.82) is 0 Å². The Hall–Kier alpha value is 0.155. The first kappa shape index (κ1) is 11.2. The molecule has 0 amide bonds. The standard InChI is InChI=1S/C5H4N2O3.Rb/c8-4-3(5(9)10)1-6-2-7-4;/h1-2H,(H2,6,7,8,9,10);/q;+1/p-1. The molecule has 0 atom stereocenters. The van der Waals surface area contributed by atoms with Gasteiger partial charge in [0.1, 0.15) is 0 Å². The summed E-state index contributed by atoms with van der Waals surface area (Å²) in [5, 5.41) is 8.29. The van der Waals surface area contributed by atoms with Crippen molar-refractivity contribution in [3.8, 4) is 0 Å². The van der Waals surface area contributed by atoms with Gasteiger partial charge in [-0.1, -0.05) is 12.5 Å². The molecule has 0 saturated heterocycles. The SMILES string of the molecule is O=C(O)c1cnc[n-]c1=O.[Rb+]. The van der Waals surface area contributed by atoms with Crippen LogP contribution >= 0.6 is 0 Å². The van der Waals surface area contributed by atoms with Crippen LogP contribution in [0.2, 0.25) is 0 Å². The molecule has 0 radical (unpaired) electrons. The first-order valence-corrected chi connectivity index (χ1v) is 2.42. The Bertz CT molecular complexity index is 309. The molecule has 0 fully saturated rings. The van der Waals surface area contributed by atoms with Gasteiger partial charge in [0.25, 0.3) is 0 Å². The van der Waals surface area contributed by atoms with Crippen molar-refractivity contribution in [3.63, 3.8) is 0 Å². The maximum Gasteiger partial charge on any atom is 1.00 e. The third-order valence-electron chi connectivity index (χ3n) is 0.906. The Morgan fingerprint density at radius 1 is 1.64 bits per heavy atom. The number of hydrogen-bond acceptors (Lipinski definition) is 3. The van der Waals surface area contributed by atoms with Crippen LogP contribution in [0, 0.1) is 0 Å². The van der Waals surface area contributed by atoms with Crippen LogP contribution in [0.4, 0.5) is 0 Å². The minimum absolute atomic E-state index is 0. The van der Waals surface area contributed by atoms with Crippen LogP contribution in [0.3, 0.4) is 0 Å². The fourth-order valence-electron chi connectivity index (χ4n) is 0.465.